The Labute approximate surface area is 151 Å². The standard InChI is InChI=1S/C17H21N3O3S2/c1-13-12-18-17(24-13)19-16(21)14-7-6-8-15(11-14)25(22,23)20-9-4-2-3-5-10-20/h6-8,11-12H,2-5,9-10H2,1H3,(H,18,19,21). The average Bonchev–Trinajstić information content (AvgIpc) is 2.85. The number of nitrogens with zero attached hydrogens (tertiary/aromatic N) is 2. The highest BCUT2D eigenvalue weighted by Gasteiger charge is 2.25. The van der Waals surface area contributed by atoms with Crippen LogP contribution in [0.1, 0.15) is 40.9 Å². The van der Waals surface area contributed by atoms with Crippen LogP contribution < -0.4 is 5.32 Å². The monoisotopic (exact) mass is 379 g/mol. The van der Waals surface area contributed by atoms with Crippen molar-refractivity contribution in [2.75, 3.05) is 18.4 Å². The maximum absolute atomic E-state index is 12.9. The first kappa shape index (κ1) is 18.0. The van der Waals surface area contributed by atoms with Crippen molar-refractivity contribution < 1.29 is 13.2 Å². The summed E-state index contributed by atoms with van der Waals surface area (Å²) in [6.45, 7) is 2.98. The largest absolute Gasteiger partial charge is 0.298 e. The van der Waals surface area contributed by atoms with Crippen molar-refractivity contribution in [3.05, 3.63) is 40.9 Å². The van der Waals surface area contributed by atoms with Gasteiger partial charge in [0.25, 0.3) is 5.91 Å². The number of carbonyl (C=O) groups is 1. The van der Waals surface area contributed by atoms with Crippen LogP contribution >= 0.6 is 11.3 Å². The summed E-state index contributed by atoms with van der Waals surface area (Å²) in [6, 6.07) is 6.20. The van der Waals surface area contributed by atoms with E-state index in [-0.39, 0.29) is 10.8 Å². The molecule has 3 rings (SSSR count). The predicted octanol–water partition coefficient (Wildman–Crippen LogP) is 3.27. The van der Waals surface area contributed by atoms with Crippen LogP contribution in [-0.2, 0) is 10.0 Å². The van der Waals surface area contributed by atoms with Gasteiger partial charge in [-0.1, -0.05) is 18.9 Å². The van der Waals surface area contributed by atoms with Gasteiger partial charge in [0.05, 0.1) is 4.90 Å². The first-order chi connectivity index (χ1) is 12.0. The van der Waals surface area contributed by atoms with Crippen LogP contribution in [0.5, 0.6) is 0 Å². The molecule has 0 bridgehead atoms. The summed E-state index contributed by atoms with van der Waals surface area (Å²) in [5, 5.41) is 3.21. The Balaban J connectivity index is 1.81. The minimum atomic E-state index is -3.57. The van der Waals surface area contributed by atoms with Crippen molar-refractivity contribution in [3.63, 3.8) is 0 Å². The highest BCUT2D eigenvalue weighted by Crippen LogP contribution is 2.22. The fourth-order valence-corrected chi connectivity index (χ4v) is 5.03. The summed E-state index contributed by atoms with van der Waals surface area (Å²) < 4.78 is 27.2. The molecule has 1 aliphatic rings. The molecule has 134 valence electrons. The van der Waals surface area contributed by atoms with E-state index in [1.54, 1.807) is 24.4 Å². The smallest absolute Gasteiger partial charge is 0.257 e. The molecule has 0 aliphatic carbocycles. The molecule has 2 heterocycles. The van der Waals surface area contributed by atoms with Crippen LogP contribution in [0.4, 0.5) is 5.13 Å². The molecule has 25 heavy (non-hydrogen) atoms. The Hall–Kier alpha value is -1.77. The van der Waals surface area contributed by atoms with Crippen molar-refractivity contribution in [3.8, 4) is 0 Å². The van der Waals surface area contributed by atoms with E-state index in [4.69, 9.17) is 0 Å². The number of anilines is 1. The fourth-order valence-electron chi connectivity index (χ4n) is 2.81. The first-order valence-corrected chi connectivity index (χ1v) is 10.6. The first-order valence-electron chi connectivity index (χ1n) is 8.31. The van der Waals surface area contributed by atoms with Gasteiger partial charge in [-0.2, -0.15) is 4.31 Å². The Kier molecular flexibility index (Phi) is 5.51. The van der Waals surface area contributed by atoms with E-state index in [1.807, 2.05) is 6.92 Å². The maximum Gasteiger partial charge on any atom is 0.257 e. The normalized spacial score (nSPS) is 16.4. The summed E-state index contributed by atoms with van der Waals surface area (Å²) in [7, 11) is -3.57. The predicted molar refractivity (Wildman–Crippen MR) is 98.5 cm³/mol. The molecule has 1 fully saturated rings. The minimum absolute atomic E-state index is 0.164. The Morgan fingerprint density at radius 2 is 1.92 bits per heavy atom. The number of aromatic nitrogens is 1. The van der Waals surface area contributed by atoms with Crippen molar-refractivity contribution in [2.24, 2.45) is 0 Å². The average molecular weight is 380 g/mol. The molecule has 0 saturated carbocycles. The van der Waals surface area contributed by atoms with Gasteiger partial charge < -0.3 is 0 Å². The molecular weight excluding hydrogens is 358 g/mol. The SMILES string of the molecule is Cc1cnc(NC(=O)c2cccc(S(=O)(=O)N3CCCCCC3)c2)s1. The Morgan fingerprint density at radius 1 is 1.20 bits per heavy atom. The van der Waals surface area contributed by atoms with Crippen molar-refractivity contribution in [2.45, 2.75) is 37.5 Å². The van der Waals surface area contributed by atoms with Crippen molar-refractivity contribution in [1.29, 1.82) is 0 Å². The molecule has 2 aromatic rings. The summed E-state index contributed by atoms with van der Waals surface area (Å²) in [5.74, 6) is -0.359. The lowest BCUT2D eigenvalue weighted by Gasteiger charge is -2.20. The zero-order valence-electron chi connectivity index (χ0n) is 14.1. The van der Waals surface area contributed by atoms with Gasteiger partial charge in [0.1, 0.15) is 0 Å². The number of amides is 1. The van der Waals surface area contributed by atoms with Gasteiger partial charge in [-0.3, -0.25) is 10.1 Å². The van der Waals surface area contributed by atoms with Crippen molar-refractivity contribution in [1.82, 2.24) is 9.29 Å². The second-order valence-corrected chi connectivity index (χ2v) is 9.25. The van der Waals surface area contributed by atoms with Crippen LogP contribution in [0, 0.1) is 6.92 Å². The van der Waals surface area contributed by atoms with E-state index in [0.29, 0.717) is 23.8 Å². The second-order valence-electron chi connectivity index (χ2n) is 6.08. The summed E-state index contributed by atoms with van der Waals surface area (Å²) in [5.41, 5.74) is 0.309. The highest BCUT2D eigenvalue weighted by molar-refractivity contribution is 7.89. The summed E-state index contributed by atoms with van der Waals surface area (Å²) >= 11 is 1.38. The van der Waals surface area contributed by atoms with Gasteiger partial charge >= 0.3 is 0 Å². The molecule has 1 saturated heterocycles. The minimum Gasteiger partial charge on any atom is -0.298 e. The Morgan fingerprint density at radius 3 is 2.56 bits per heavy atom. The summed E-state index contributed by atoms with van der Waals surface area (Å²) in [6.07, 6.45) is 5.55. The van der Waals surface area contributed by atoms with Crippen molar-refractivity contribution >= 4 is 32.4 Å². The number of hydrogen-bond acceptors (Lipinski definition) is 5. The lowest BCUT2D eigenvalue weighted by Crippen LogP contribution is -2.32. The molecule has 1 aromatic carbocycles. The second kappa shape index (κ2) is 7.63. The number of sulfonamides is 1. The van der Waals surface area contributed by atoms with Crippen LogP contribution in [0.15, 0.2) is 35.4 Å². The lowest BCUT2D eigenvalue weighted by molar-refractivity contribution is 0.102. The van der Waals surface area contributed by atoms with Crippen LogP contribution in [0.2, 0.25) is 0 Å². The zero-order chi connectivity index (χ0) is 17.9. The van der Waals surface area contributed by atoms with Gasteiger partial charge in [0.2, 0.25) is 10.0 Å². The molecule has 0 unspecified atom stereocenters. The molecule has 6 nitrogen and oxygen atoms in total. The number of benzene rings is 1. The van der Waals surface area contributed by atoms with Gasteiger partial charge in [0.15, 0.2) is 5.13 Å². The quantitative estimate of drug-likeness (QED) is 0.884. The lowest BCUT2D eigenvalue weighted by atomic mass is 10.2. The van der Waals surface area contributed by atoms with Gasteiger partial charge in [-0.15, -0.1) is 11.3 Å². The molecule has 0 spiro atoms. The highest BCUT2D eigenvalue weighted by atomic mass is 32.2. The third kappa shape index (κ3) is 4.26. The molecule has 0 radical (unpaired) electrons. The summed E-state index contributed by atoms with van der Waals surface area (Å²) in [4.78, 5) is 17.6. The van der Waals surface area contributed by atoms with E-state index in [9.17, 15) is 13.2 Å². The maximum atomic E-state index is 12.9. The van der Waals surface area contributed by atoms with E-state index < -0.39 is 10.0 Å². The van der Waals surface area contributed by atoms with Gasteiger partial charge in [0, 0.05) is 29.7 Å². The van der Waals surface area contributed by atoms with E-state index in [2.05, 4.69) is 10.3 Å². The van der Waals surface area contributed by atoms with E-state index >= 15 is 0 Å². The van der Waals surface area contributed by atoms with Crippen LogP contribution in [-0.4, -0.2) is 36.7 Å². The van der Waals surface area contributed by atoms with Gasteiger partial charge in [-0.25, -0.2) is 13.4 Å². The number of aryl methyl sites for hydroxylation is 1. The third-order valence-electron chi connectivity index (χ3n) is 4.14. The molecule has 0 atom stereocenters. The van der Waals surface area contributed by atoms with Gasteiger partial charge in [-0.05, 0) is 38.0 Å². The molecular formula is C17H21N3O3S2. The number of thiazole rings is 1. The van der Waals surface area contributed by atoms with E-state index in [0.717, 1.165) is 30.6 Å². The fraction of sp³-hybridized carbons (Fsp3) is 0.412. The molecule has 8 heteroatoms. The molecule has 1 aromatic heterocycles. The zero-order valence-corrected chi connectivity index (χ0v) is 15.7. The van der Waals surface area contributed by atoms with Crippen LogP contribution in [0.25, 0.3) is 0 Å². The number of hydrogen-bond donors (Lipinski definition) is 1. The molecule has 1 amide bonds. The third-order valence-corrected chi connectivity index (χ3v) is 6.86. The number of rotatable bonds is 4. The van der Waals surface area contributed by atoms with E-state index in [1.165, 1.54) is 21.7 Å². The molecule has 1 aliphatic heterocycles. The topological polar surface area (TPSA) is 79.4 Å². The number of nitrogens with one attached hydrogen (secondary N) is 1. The molecule has 1 N–H and O–H groups in total. The Bertz CT molecular complexity index is 854. The number of carbonyl (C=O) groups excluding carboxylic acids is 1. The van der Waals surface area contributed by atoms with Crippen LogP contribution in [0.3, 0.4) is 0 Å².